The second kappa shape index (κ2) is 9.52. The largest absolute Gasteiger partial charge is 0.322 e. The van der Waals surface area contributed by atoms with Gasteiger partial charge in [-0.25, -0.2) is 0 Å². The molecule has 1 amide bonds. The van der Waals surface area contributed by atoms with Crippen LogP contribution in [0.15, 0.2) is 101 Å². The minimum atomic E-state index is -0.165. The Morgan fingerprint density at radius 2 is 1.81 bits per heavy atom. The molecule has 0 saturated carbocycles. The lowest BCUT2D eigenvalue weighted by Gasteiger charge is -2.10. The van der Waals surface area contributed by atoms with Gasteiger partial charge in [0.1, 0.15) is 0 Å². The SMILES string of the molecule is O=C(Nc1ccc2cn[nH]c2c1)c1ccccc1Sc1ccc2c(/C=C/c3ccccn3)n[nH]c2c1. The summed E-state index contributed by atoms with van der Waals surface area (Å²) in [6.45, 7) is 0. The number of H-pyrrole nitrogens is 2. The minimum Gasteiger partial charge on any atom is -0.322 e. The summed E-state index contributed by atoms with van der Waals surface area (Å²) >= 11 is 1.54. The van der Waals surface area contributed by atoms with E-state index >= 15 is 0 Å². The topological polar surface area (TPSA) is 99.3 Å². The molecule has 0 spiro atoms. The highest BCUT2D eigenvalue weighted by Gasteiger charge is 2.14. The Kier molecular flexibility index (Phi) is 5.77. The van der Waals surface area contributed by atoms with Crippen LogP contribution in [0.5, 0.6) is 0 Å². The number of fused-ring (bicyclic) bond motifs is 2. The van der Waals surface area contributed by atoms with Crippen molar-refractivity contribution < 1.29 is 4.79 Å². The molecule has 0 aliphatic heterocycles. The molecule has 174 valence electrons. The molecule has 6 aromatic rings. The normalized spacial score (nSPS) is 11.4. The summed E-state index contributed by atoms with van der Waals surface area (Å²) < 4.78 is 0. The van der Waals surface area contributed by atoms with Crippen LogP contribution in [0.4, 0.5) is 5.69 Å². The van der Waals surface area contributed by atoms with Crippen molar-refractivity contribution >= 4 is 57.3 Å². The van der Waals surface area contributed by atoms with Crippen LogP contribution in [-0.4, -0.2) is 31.3 Å². The molecule has 3 N–H and O–H groups in total. The zero-order valence-electron chi connectivity index (χ0n) is 19.0. The Bertz CT molecular complexity index is 1720. The van der Waals surface area contributed by atoms with Crippen LogP contribution in [0, 0.1) is 0 Å². The standard InChI is InChI=1S/C28H20N6OS/c35-28(31-20-9-8-18-17-30-32-25(18)15-20)23-6-1-2-7-27(23)36-21-11-12-22-24(33-34-26(22)16-21)13-10-19-5-3-4-14-29-19/h1-17H,(H,30,32)(H,31,35)(H,33,34)/b13-10+. The summed E-state index contributed by atoms with van der Waals surface area (Å²) in [5.41, 5.74) is 4.84. The maximum atomic E-state index is 13.1. The van der Waals surface area contributed by atoms with Gasteiger partial charge in [-0.05, 0) is 72.8 Å². The Balaban J connectivity index is 1.22. The molecule has 3 aromatic carbocycles. The number of nitrogens with one attached hydrogen (secondary N) is 3. The summed E-state index contributed by atoms with van der Waals surface area (Å²) in [5, 5.41) is 19.5. The van der Waals surface area contributed by atoms with E-state index in [0.29, 0.717) is 11.3 Å². The molecule has 0 unspecified atom stereocenters. The van der Waals surface area contributed by atoms with Crippen LogP contribution in [-0.2, 0) is 0 Å². The van der Waals surface area contributed by atoms with E-state index < -0.39 is 0 Å². The van der Waals surface area contributed by atoms with E-state index in [1.807, 2.05) is 91.0 Å². The molecule has 0 aliphatic rings. The molecule has 8 heteroatoms. The monoisotopic (exact) mass is 488 g/mol. The lowest BCUT2D eigenvalue weighted by Crippen LogP contribution is -2.12. The third-order valence-corrected chi connectivity index (χ3v) is 6.79. The predicted molar refractivity (Wildman–Crippen MR) is 144 cm³/mol. The number of rotatable bonds is 6. The Morgan fingerprint density at radius 1 is 0.889 bits per heavy atom. The van der Waals surface area contributed by atoms with Crippen LogP contribution in [0.3, 0.4) is 0 Å². The Hall–Kier alpha value is -4.69. The lowest BCUT2D eigenvalue weighted by molar-refractivity contribution is 0.102. The fourth-order valence-corrected chi connectivity index (χ4v) is 4.92. The average molecular weight is 489 g/mol. The maximum Gasteiger partial charge on any atom is 0.256 e. The molecule has 0 bridgehead atoms. The first-order chi connectivity index (χ1) is 17.7. The highest BCUT2D eigenvalue weighted by Crippen LogP contribution is 2.33. The van der Waals surface area contributed by atoms with Crippen molar-refractivity contribution in [2.24, 2.45) is 0 Å². The second-order valence-electron chi connectivity index (χ2n) is 8.13. The van der Waals surface area contributed by atoms with Crippen LogP contribution in [0.25, 0.3) is 34.0 Å². The van der Waals surface area contributed by atoms with Gasteiger partial charge in [-0.2, -0.15) is 10.2 Å². The smallest absolute Gasteiger partial charge is 0.256 e. The number of carbonyl (C=O) groups excluding carboxylic acids is 1. The van der Waals surface area contributed by atoms with E-state index in [4.69, 9.17) is 0 Å². The van der Waals surface area contributed by atoms with Crippen LogP contribution in [0.1, 0.15) is 21.7 Å². The second-order valence-corrected chi connectivity index (χ2v) is 9.24. The maximum absolute atomic E-state index is 13.1. The number of hydrogen-bond donors (Lipinski definition) is 3. The molecule has 3 heterocycles. The van der Waals surface area contributed by atoms with Crippen molar-refractivity contribution in [1.29, 1.82) is 0 Å². The molecule has 0 aliphatic carbocycles. The van der Waals surface area contributed by atoms with Gasteiger partial charge in [-0.15, -0.1) is 0 Å². The fraction of sp³-hybridized carbons (Fsp3) is 0. The van der Waals surface area contributed by atoms with Crippen LogP contribution < -0.4 is 5.32 Å². The molecule has 6 rings (SSSR count). The first-order valence-electron chi connectivity index (χ1n) is 11.3. The van der Waals surface area contributed by atoms with Crippen molar-refractivity contribution in [3.8, 4) is 0 Å². The number of benzene rings is 3. The first-order valence-corrected chi connectivity index (χ1v) is 12.1. The number of anilines is 1. The van der Waals surface area contributed by atoms with Crippen LogP contribution >= 0.6 is 11.8 Å². The summed E-state index contributed by atoms with van der Waals surface area (Å²) in [6.07, 6.45) is 7.41. The van der Waals surface area contributed by atoms with Gasteiger partial charge in [0.25, 0.3) is 5.91 Å². The van der Waals surface area contributed by atoms with E-state index in [1.165, 1.54) is 11.8 Å². The van der Waals surface area contributed by atoms with Gasteiger partial charge in [0.15, 0.2) is 0 Å². The van der Waals surface area contributed by atoms with E-state index in [2.05, 4.69) is 30.7 Å². The Morgan fingerprint density at radius 3 is 2.72 bits per heavy atom. The van der Waals surface area contributed by atoms with Crippen molar-refractivity contribution in [2.75, 3.05) is 5.32 Å². The van der Waals surface area contributed by atoms with Gasteiger partial charge >= 0.3 is 0 Å². The van der Waals surface area contributed by atoms with Gasteiger partial charge in [0.2, 0.25) is 0 Å². The van der Waals surface area contributed by atoms with Gasteiger partial charge in [0.05, 0.1) is 34.2 Å². The molecular weight excluding hydrogens is 468 g/mol. The van der Waals surface area contributed by atoms with E-state index in [0.717, 1.165) is 43.0 Å². The zero-order chi connectivity index (χ0) is 24.3. The number of pyridine rings is 1. The van der Waals surface area contributed by atoms with E-state index in [9.17, 15) is 4.79 Å². The quantitative estimate of drug-likeness (QED) is 0.252. The van der Waals surface area contributed by atoms with E-state index in [1.54, 1.807) is 12.4 Å². The van der Waals surface area contributed by atoms with Crippen molar-refractivity contribution in [1.82, 2.24) is 25.4 Å². The average Bonchev–Trinajstić information content (AvgIpc) is 3.54. The highest BCUT2D eigenvalue weighted by atomic mass is 32.2. The van der Waals surface area contributed by atoms with Crippen molar-refractivity contribution in [2.45, 2.75) is 9.79 Å². The first kappa shape index (κ1) is 21.8. The number of carbonyl (C=O) groups is 1. The van der Waals surface area contributed by atoms with Crippen molar-refractivity contribution in [3.05, 3.63) is 108 Å². The third-order valence-electron chi connectivity index (χ3n) is 5.72. The third kappa shape index (κ3) is 4.49. The number of aromatic nitrogens is 5. The minimum absolute atomic E-state index is 0.165. The number of aromatic amines is 2. The van der Waals surface area contributed by atoms with Gasteiger partial charge < -0.3 is 5.32 Å². The molecule has 3 aromatic heterocycles. The molecule has 0 radical (unpaired) electrons. The number of hydrogen-bond acceptors (Lipinski definition) is 5. The molecular formula is C28H20N6OS. The molecule has 36 heavy (non-hydrogen) atoms. The highest BCUT2D eigenvalue weighted by molar-refractivity contribution is 7.99. The van der Waals surface area contributed by atoms with Gasteiger partial charge in [-0.1, -0.05) is 30.0 Å². The zero-order valence-corrected chi connectivity index (χ0v) is 19.8. The summed E-state index contributed by atoms with van der Waals surface area (Å²) in [4.78, 5) is 19.3. The number of nitrogens with zero attached hydrogens (tertiary/aromatic N) is 3. The predicted octanol–water partition coefficient (Wildman–Crippen LogP) is 6.41. The Labute approximate surface area is 210 Å². The van der Waals surface area contributed by atoms with Gasteiger partial charge in [-0.3, -0.25) is 20.0 Å². The molecule has 0 atom stereocenters. The molecule has 7 nitrogen and oxygen atoms in total. The fourth-order valence-electron chi connectivity index (χ4n) is 3.93. The van der Waals surface area contributed by atoms with Gasteiger partial charge in [0, 0.05) is 32.4 Å². The molecule has 0 saturated heterocycles. The van der Waals surface area contributed by atoms with Crippen LogP contribution in [0.2, 0.25) is 0 Å². The van der Waals surface area contributed by atoms with Crippen molar-refractivity contribution in [3.63, 3.8) is 0 Å². The molecule has 0 fully saturated rings. The summed E-state index contributed by atoms with van der Waals surface area (Å²) in [7, 11) is 0. The summed E-state index contributed by atoms with van der Waals surface area (Å²) in [6, 6.07) is 25.2. The summed E-state index contributed by atoms with van der Waals surface area (Å²) in [5.74, 6) is -0.165. The van der Waals surface area contributed by atoms with E-state index in [-0.39, 0.29) is 5.91 Å². The lowest BCUT2D eigenvalue weighted by atomic mass is 10.2. The number of amides is 1.